The van der Waals surface area contributed by atoms with Gasteiger partial charge in [-0.1, -0.05) is 127 Å². The molecule has 0 radical (unpaired) electrons. The summed E-state index contributed by atoms with van der Waals surface area (Å²) in [6.45, 7) is 2.26. The van der Waals surface area contributed by atoms with Crippen molar-refractivity contribution < 1.29 is 19.1 Å². The van der Waals surface area contributed by atoms with Crippen molar-refractivity contribution in [1.82, 2.24) is 10.2 Å². The van der Waals surface area contributed by atoms with Gasteiger partial charge in [-0.15, -0.1) is 0 Å². The molecule has 5 aromatic carbocycles. The molecular formula is C42H36N2O4S2. The van der Waals surface area contributed by atoms with Crippen molar-refractivity contribution in [3.63, 3.8) is 0 Å². The highest BCUT2D eigenvalue weighted by molar-refractivity contribution is 8.26. The van der Waals surface area contributed by atoms with Gasteiger partial charge in [0.1, 0.15) is 22.4 Å². The number of carbonyl (C=O) groups excluding carboxylic acids is 2. The molecular weight excluding hydrogens is 661 g/mol. The summed E-state index contributed by atoms with van der Waals surface area (Å²) in [5.41, 5.74) is 9.50. The van der Waals surface area contributed by atoms with Gasteiger partial charge >= 0.3 is 0 Å². The van der Waals surface area contributed by atoms with Crippen LogP contribution in [0.2, 0.25) is 0 Å². The smallest absolute Gasteiger partial charge is 0.266 e. The minimum atomic E-state index is -0.253. The van der Waals surface area contributed by atoms with Gasteiger partial charge in [0, 0.05) is 6.54 Å². The van der Waals surface area contributed by atoms with Gasteiger partial charge in [0.15, 0.2) is 0 Å². The Bertz CT molecular complexity index is 2010. The average Bonchev–Trinajstić information content (AvgIpc) is 3.42. The third-order valence-electron chi connectivity index (χ3n) is 8.33. The summed E-state index contributed by atoms with van der Waals surface area (Å²) in [5, 5.41) is 2.71. The lowest BCUT2D eigenvalue weighted by Crippen LogP contribution is -2.39. The highest BCUT2D eigenvalue weighted by Crippen LogP contribution is 2.39. The Kier molecular flexibility index (Phi) is 10.9. The molecule has 6 rings (SSSR count). The van der Waals surface area contributed by atoms with Crippen molar-refractivity contribution in [3.05, 3.63) is 160 Å². The van der Waals surface area contributed by atoms with Crippen LogP contribution in [0.25, 0.3) is 28.3 Å². The summed E-state index contributed by atoms with van der Waals surface area (Å²) in [7, 11) is 3.35. The molecule has 6 nitrogen and oxygen atoms in total. The Morgan fingerprint density at radius 2 is 1.16 bits per heavy atom. The molecule has 0 spiro atoms. The molecule has 1 N–H and O–H groups in total. The Morgan fingerprint density at radius 1 is 0.700 bits per heavy atom. The van der Waals surface area contributed by atoms with Crippen LogP contribution in [-0.4, -0.2) is 48.3 Å². The van der Waals surface area contributed by atoms with Gasteiger partial charge in [0.05, 0.1) is 19.1 Å². The number of methoxy groups -OCH3 is 2. The number of rotatable bonds is 11. The van der Waals surface area contributed by atoms with Crippen molar-refractivity contribution in [1.29, 1.82) is 0 Å². The second-order valence-corrected chi connectivity index (χ2v) is 13.2. The number of amides is 2. The van der Waals surface area contributed by atoms with E-state index in [2.05, 4.69) is 78.1 Å². The number of likely N-dealkylation sites (N-methyl/N-ethyl adjacent to an activating group) is 1. The third kappa shape index (κ3) is 7.72. The first-order valence-electron chi connectivity index (χ1n) is 16.2. The number of hydrogen-bond acceptors (Lipinski definition) is 6. The number of carbonyl (C=O) groups is 2. The fourth-order valence-corrected chi connectivity index (χ4v) is 7.07. The number of benzene rings is 5. The standard InChI is InChI=1S/C42H36N2O4S2/c1-4-43-38(45)27-44-41(46)37(50-42(44)49)26-28-10-12-29(13-11-28)30-14-16-32(17-15-30)39(31-8-6-5-7-9-31)40(33-18-22-35(47-2)23-19-33)34-20-24-36(48-3)25-21-34/h5-26H,4,27H2,1-3H3,(H,43,45)/b37-26+. The summed E-state index contributed by atoms with van der Waals surface area (Å²) in [6.07, 6.45) is 1.82. The molecule has 1 saturated heterocycles. The van der Waals surface area contributed by atoms with E-state index in [0.29, 0.717) is 15.8 Å². The Morgan fingerprint density at radius 3 is 1.64 bits per heavy atom. The third-order valence-corrected chi connectivity index (χ3v) is 9.71. The Labute approximate surface area is 302 Å². The lowest BCUT2D eigenvalue weighted by Gasteiger charge is -2.19. The van der Waals surface area contributed by atoms with E-state index in [9.17, 15) is 9.59 Å². The van der Waals surface area contributed by atoms with Crippen molar-refractivity contribution in [2.45, 2.75) is 6.92 Å². The van der Waals surface area contributed by atoms with E-state index in [1.807, 2.05) is 67.6 Å². The molecule has 50 heavy (non-hydrogen) atoms. The zero-order chi connectivity index (χ0) is 35.0. The van der Waals surface area contributed by atoms with Gasteiger partial charge in [-0.05, 0) is 87.4 Å². The van der Waals surface area contributed by atoms with E-state index in [4.69, 9.17) is 21.7 Å². The molecule has 0 saturated carbocycles. The topological polar surface area (TPSA) is 67.9 Å². The maximum Gasteiger partial charge on any atom is 0.266 e. The van der Waals surface area contributed by atoms with Gasteiger partial charge in [0.2, 0.25) is 5.91 Å². The highest BCUT2D eigenvalue weighted by atomic mass is 32.2. The van der Waals surface area contributed by atoms with E-state index >= 15 is 0 Å². The summed E-state index contributed by atoms with van der Waals surface area (Å²) >= 11 is 6.60. The van der Waals surface area contributed by atoms with E-state index in [0.717, 1.165) is 61.6 Å². The second kappa shape index (κ2) is 15.8. The first-order valence-corrected chi connectivity index (χ1v) is 17.4. The number of thioether (sulfide) groups is 1. The first kappa shape index (κ1) is 34.4. The number of ether oxygens (including phenoxy) is 2. The quantitative estimate of drug-likeness (QED) is 0.0847. The zero-order valence-electron chi connectivity index (χ0n) is 28.0. The van der Waals surface area contributed by atoms with Gasteiger partial charge in [-0.25, -0.2) is 0 Å². The number of hydrogen-bond donors (Lipinski definition) is 1. The predicted octanol–water partition coefficient (Wildman–Crippen LogP) is 8.72. The molecule has 1 fully saturated rings. The van der Waals surface area contributed by atoms with Crippen LogP contribution in [0.5, 0.6) is 11.5 Å². The molecule has 0 aromatic heterocycles. The number of nitrogens with one attached hydrogen (secondary N) is 1. The highest BCUT2D eigenvalue weighted by Gasteiger charge is 2.33. The molecule has 0 unspecified atom stereocenters. The molecule has 8 heteroatoms. The van der Waals surface area contributed by atoms with Gasteiger partial charge in [-0.2, -0.15) is 0 Å². The maximum atomic E-state index is 13.0. The van der Waals surface area contributed by atoms with Crippen molar-refractivity contribution in [2.24, 2.45) is 0 Å². The lowest BCUT2D eigenvalue weighted by atomic mass is 9.85. The van der Waals surface area contributed by atoms with Crippen LogP contribution in [0.3, 0.4) is 0 Å². The lowest BCUT2D eigenvalue weighted by molar-refractivity contribution is -0.128. The molecule has 0 bridgehead atoms. The molecule has 5 aromatic rings. The SMILES string of the molecule is CCNC(=O)CN1C(=O)/C(=C\c2ccc(-c3ccc(C(=C(c4ccc(OC)cc4)c4ccc(OC)cc4)c4ccccc4)cc3)cc2)SC1=S. The second-order valence-electron chi connectivity index (χ2n) is 11.5. The molecule has 0 aliphatic carbocycles. The minimum absolute atomic E-state index is 0.0758. The molecule has 250 valence electrons. The van der Waals surface area contributed by atoms with E-state index < -0.39 is 0 Å². The van der Waals surface area contributed by atoms with Crippen LogP contribution in [0.15, 0.2) is 132 Å². The Hall–Kier alpha value is -5.44. The Balaban J connectivity index is 1.34. The summed E-state index contributed by atoms with van der Waals surface area (Å²) in [4.78, 5) is 26.9. The van der Waals surface area contributed by atoms with Crippen LogP contribution >= 0.6 is 24.0 Å². The normalized spacial score (nSPS) is 13.3. The van der Waals surface area contributed by atoms with E-state index in [1.54, 1.807) is 14.2 Å². The van der Waals surface area contributed by atoms with Gasteiger partial charge < -0.3 is 14.8 Å². The summed E-state index contributed by atoms with van der Waals surface area (Å²) < 4.78 is 11.3. The van der Waals surface area contributed by atoms with Gasteiger partial charge in [0.25, 0.3) is 5.91 Å². The molecule has 2 amide bonds. The number of thiocarbonyl (C=S) groups is 1. The zero-order valence-corrected chi connectivity index (χ0v) is 29.6. The van der Waals surface area contributed by atoms with Crippen LogP contribution in [0, 0.1) is 0 Å². The summed E-state index contributed by atoms with van der Waals surface area (Å²) in [5.74, 6) is 1.11. The van der Waals surface area contributed by atoms with E-state index in [1.165, 1.54) is 16.7 Å². The number of nitrogens with zero attached hydrogens (tertiary/aromatic N) is 1. The van der Waals surface area contributed by atoms with Crippen LogP contribution in [-0.2, 0) is 9.59 Å². The molecule has 1 heterocycles. The fourth-order valence-electron chi connectivity index (χ4n) is 5.82. The predicted molar refractivity (Wildman–Crippen MR) is 208 cm³/mol. The fraction of sp³-hybridized carbons (Fsp3) is 0.119. The van der Waals surface area contributed by atoms with Crippen molar-refractivity contribution >= 4 is 57.3 Å². The van der Waals surface area contributed by atoms with Crippen LogP contribution < -0.4 is 14.8 Å². The van der Waals surface area contributed by atoms with Crippen molar-refractivity contribution in [2.75, 3.05) is 27.3 Å². The van der Waals surface area contributed by atoms with Crippen molar-refractivity contribution in [3.8, 4) is 22.6 Å². The average molecular weight is 697 g/mol. The van der Waals surface area contributed by atoms with Crippen LogP contribution in [0.4, 0.5) is 0 Å². The minimum Gasteiger partial charge on any atom is -0.497 e. The molecule has 0 atom stereocenters. The van der Waals surface area contributed by atoms with Gasteiger partial charge in [-0.3, -0.25) is 14.5 Å². The summed E-state index contributed by atoms with van der Waals surface area (Å²) in [6, 6.07) is 43.4. The monoisotopic (exact) mass is 696 g/mol. The van der Waals surface area contributed by atoms with E-state index in [-0.39, 0.29) is 18.4 Å². The molecule has 1 aliphatic rings. The largest absolute Gasteiger partial charge is 0.497 e. The maximum absolute atomic E-state index is 13.0. The molecule has 1 aliphatic heterocycles. The first-order chi connectivity index (χ1) is 24.4. The van der Waals surface area contributed by atoms with Crippen LogP contribution in [0.1, 0.15) is 34.7 Å².